The Kier molecular flexibility index (Phi) is 2.61. The van der Waals surface area contributed by atoms with E-state index in [-0.39, 0.29) is 0 Å². The molecule has 3 rings (SSSR count). The number of nitrogens with one attached hydrogen (secondary N) is 1. The zero-order valence-electron chi connectivity index (χ0n) is 11.1. The fourth-order valence-electron chi connectivity index (χ4n) is 2.77. The molecule has 5 heteroatoms. The van der Waals surface area contributed by atoms with E-state index in [0.717, 1.165) is 19.4 Å². The highest BCUT2D eigenvalue weighted by Crippen LogP contribution is 2.32. The average molecular weight is 245 g/mol. The molecule has 1 aliphatic heterocycles. The molecule has 0 amide bonds. The summed E-state index contributed by atoms with van der Waals surface area (Å²) in [6, 6.07) is 2.38. The van der Waals surface area contributed by atoms with Crippen LogP contribution in [0.3, 0.4) is 0 Å². The molecule has 0 radical (unpaired) electrons. The molecule has 0 aromatic carbocycles. The van der Waals surface area contributed by atoms with Gasteiger partial charge in [-0.15, -0.1) is 0 Å². The number of anilines is 1. The van der Waals surface area contributed by atoms with Crippen molar-refractivity contribution in [2.75, 3.05) is 11.9 Å². The molecule has 1 N–H and O–H groups in total. The predicted octanol–water partition coefficient (Wildman–Crippen LogP) is 1.89. The van der Waals surface area contributed by atoms with Gasteiger partial charge >= 0.3 is 0 Å². The molecule has 0 fully saturated rings. The summed E-state index contributed by atoms with van der Waals surface area (Å²) in [5.41, 5.74) is 3.69. The molecule has 0 aliphatic carbocycles. The summed E-state index contributed by atoms with van der Waals surface area (Å²) in [7, 11) is 1.99. The van der Waals surface area contributed by atoms with E-state index in [2.05, 4.69) is 35.0 Å². The van der Waals surface area contributed by atoms with E-state index >= 15 is 0 Å². The van der Waals surface area contributed by atoms with Crippen LogP contribution in [0.2, 0.25) is 0 Å². The molecule has 2 aromatic heterocycles. The van der Waals surface area contributed by atoms with Gasteiger partial charge in [-0.2, -0.15) is 10.2 Å². The van der Waals surface area contributed by atoms with Crippen molar-refractivity contribution in [3.05, 3.63) is 29.2 Å². The lowest BCUT2D eigenvalue weighted by molar-refractivity contribution is 0.449. The summed E-state index contributed by atoms with van der Waals surface area (Å²) in [6.45, 7) is 5.29. The van der Waals surface area contributed by atoms with Crippen molar-refractivity contribution in [3.8, 4) is 0 Å². The number of rotatable bonds is 2. The maximum absolute atomic E-state index is 4.76. The topological polar surface area (TPSA) is 47.7 Å². The first-order valence-electron chi connectivity index (χ1n) is 6.52. The zero-order valence-corrected chi connectivity index (χ0v) is 11.1. The van der Waals surface area contributed by atoms with Gasteiger partial charge in [0.25, 0.3) is 0 Å². The SMILES string of the molecule is CCc1nn2c(c1C)NCCC2c1ccnn1C. The van der Waals surface area contributed by atoms with Crippen molar-refractivity contribution >= 4 is 5.82 Å². The van der Waals surface area contributed by atoms with Gasteiger partial charge in [-0.3, -0.25) is 4.68 Å². The van der Waals surface area contributed by atoms with Gasteiger partial charge in [0, 0.05) is 25.4 Å². The Morgan fingerprint density at radius 2 is 2.33 bits per heavy atom. The minimum absolute atomic E-state index is 0.299. The molecule has 2 aromatic rings. The highest BCUT2D eigenvalue weighted by molar-refractivity contribution is 5.49. The third-order valence-corrected chi connectivity index (χ3v) is 3.79. The number of hydrogen-bond donors (Lipinski definition) is 1. The monoisotopic (exact) mass is 245 g/mol. The summed E-state index contributed by atoms with van der Waals surface area (Å²) >= 11 is 0. The van der Waals surface area contributed by atoms with Crippen LogP contribution in [0.1, 0.15) is 36.3 Å². The van der Waals surface area contributed by atoms with E-state index in [1.807, 2.05) is 17.9 Å². The minimum Gasteiger partial charge on any atom is -0.370 e. The molecule has 3 heterocycles. The van der Waals surface area contributed by atoms with Crippen molar-refractivity contribution in [1.29, 1.82) is 0 Å². The molecule has 1 atom stereocenters. The molecule has 18 heavy (non-hydrogen) atoms. The third-order valence-electron chi connectivity index (χ3n) is 3.79. The van der Waals surface area contributed by atoms with Crippen LogP contribution in [-0.4, -0.2) is 26.1 Å². The Bertz CT molecular complexity index is 566. The maximum Gasteiger partial charge on any atom is 0.128 e. The molecule has 5 nitrogen and oxygen atoms in total. The van der Waals surface area contributed by atoms with Crippen molar-refractivity contribution in [2.45, 2.75) is 32.7 Å². The smallest absolute Gasteiger partial charge is 0.128 e. The van der Waals surface area contributed by atoms with Gasteiger partial charge in [0.1, 0.15) is 5.82 Å². The van der Waals surface area contributed by atoms with E-state index in [1.54, 1.807) is 0 Å². The fraction of sp³-hybridized carbons (Fsp3) is 0.538. The first kappa shape index (κ1) is 11.3. The zero-order chi connectivity index (χ0) is 12.7. The molecule has 96 valence electrons. The van der Waals surface area contributed by atoms with E-state index < -0.39 is 0 Å². The molecule has 0 spiro atoms. The van der Waals surface area contributed by atoms with E-state index in [4.69, 9.17) is 5.10 Å². The van der Waals surface area contributed by atoms with Gasteiger partial charge in [-0.05, 0) is 25.8 Å². The molecular formula is C13H19N5. The Morgan fingerprint density at radius 1 is 1.50 bits per heavy atom. The van der Waals surface area contributed by atoms with Crippen molar-refractivity contribution in [2.24, 2.45) is 7.05 Å². The standard InChI is InChI=1S/C13H19N5/c1-4-10-9(2)13-14-7-5-12(18(13)16-10)11-6-8-15-17(11)3/h6,8,12,14H,4-5,7H2,1-3H3. The summed E-state index contributed by atoms with van der Waals surface area (Å²) in [4.78, 5) is 0. The second kappa shape index (κ2) is 4.15. The second-order valence-corrected chi connectivity index (χ2v) is 4.83. The van der Waals surface area contributed by atoms with Crippen LogP contribution in [-0.2, 0) is 13.5 Å². The van der Waals surface area contributed by atoms with Gasteiger partial charge in [0.05, 0.1) is 17.4 Å². The molecule has 0 saturated heterocycles. The summed E-state index contributed by atoms with van der Waals surface area (Å²) in [5.74, 6) is 1.17. The second-order valence-electron chi connectivity index (χ2n) is 4.83. The Labute approximate surface area is 107 Å². The van der Waals surface area contributed by atoms with E-state index in [9.17, 15) is 0 Å². The lowest BCUT2D eigenvalue weighted by Crippen LogP contribution is -2.26. The lowest BCUT2D eigenvalue weighted by atomic mass is 10.1. The lowest BCUT2D eigenvalue weighted by Gasteiger charge is -2.26. The molecule has 0 saturated carbocycles. The number of aryl methyl sites for hydroxylation is 2. The molecular weight excluding hydrogens is 226 g/mol. The van der Waals surface area contributed by atoms with Gasteiger partial charge in [-0.1, -0.05) is 6.92 Å². The van der Waals surface area contributed by atoms with Crippen LogP contribution in [0.15, 0.2) is 12.3 Å². The highest BCUT2D eigenvalue weighted by Gasteiger charge is 2.26. The maximum atomic E-state index is 4.76. The summed E-state index contributed by atoms with van der Waals surface area (Å²) in [6.07, 6.45) is 3.89. The van der Waals surface area contributed by atoms with Crippen LogP contribution in [0.4, 0.5) is 5.82 Å². The van der Waals surface area contributed by atoms with Crippen LogP contribution in [0.25, 0.3) is 0 Å². The number of nitrogens with zero attached hydrogens (tertiary/aromatic N) is 4. The van der Waals surface area contributed by atoms with Gasteiger partial charge in [-0.25, -0.2) is 4.68 Å². The summed E-state index contributed by atoms with van der Waals surface area (Å²) in [5, 5.41) is 12.5. The first-order valence-corrected chi connectivity index (χ1v) is 6.52. The van der Waals surface area contributed by atoms with Gasteiger partial charge in [0.2, 0.25) is 0 Å². The average Bonchev–Trinajstić information content (AvgIpc) is 2.94. The van der Waals surface area contributed by atoms with Gasteiger partial charge < -0.3 is 5.32 Å². The Hall–Kier alpha value is -1.78. The largest absolute Gasteiger partial charge is 0.370 e. The molecule has 1 unspecified atom stereocenters. The van der Waals surface area contributed by atoms with Crippen LogP contribution in [0.5, 0.6) is 0 Å². The fourth-order valence-corrected chi connectivity index (χ4v) is 2.77. The Balaban J connectivity index is 2.10. The van der Waals surface area contributed by atoms with E-state index in [0.29, 0.717) is 6.04 Å². The number of fused-ring (bicyclic) bond motifs is 1. The Morgan fingerprint density at radius 3 is 3.00 bits per heavy atom. The van der Waals surface area contributed by atoms with Crippen molar-refractivity contribution < 1.29 is 0 Å². The highest BCUT2D eigenvalue weighted by atomic mass is 15.4. The first-order chi connectivity index (χ1) is 8.72. The predicted molar refractivity (Wildman–Crippen MR) is 70.8 cm³/mol. The third kappa shape index (κ3) is 1.54. The van der Waals surface area contributed by atoms with Crippen molar-refractivity contribution in [3.63, 3.8) is 0 Å². The van der Waals surface area contributed by atoms with Crippen molar-refractivity contribution in [1.82, 2.24) is 19.6 Å². The minimum atomic E-state index is 0.299. The molecule has 1 aliphatic rings. The quantitative estimate of drug-likeness (QED) is 0.879. The van der Waals surface area contributed by atoms with Crippen LogP contribution in [0, 0.1) is 6.92 Å². The van der Waals surface area contributed by atoms with E-state index in [1.165, 1.54) is 22.8 Å². The normalized spacial score (nSPS) is 18.5. The number of aromatic nitrogens is 4. The molecule has 0 bridgehead atoms. The number of hydrogen-bond acceptors (Lipinski definition) is 3. The van der Waals surface area contributed by atoms with Crippen LogP contribution < -0.4 is 5.32 Å². The van der Waals surface area contributed by atoms with Gasteiger partial charge in [0.15, 0.2) is 0 Å². The van der Waals surface area contributed by atoms with Crippen LogP contribution >= 0.6 is 0 Å². The summed E-state index contributed by atoms with van der Waals surface area (Å²) < 4.78 is 4.08.